The van der Waals surface area contributed by atoms with Gasteiger partial charge in [0.25, 0.3) is 0 Å². The zero-order valence-corrected chi connectivity index (χ0v) is 8.88. The van der Waals surface area contributed by atoms with Gasteiger partial charge in [0.2, 0.25) is 0 Å². The van der Waals surface area contributed by atoms with Crippen molar-refractivity contribution in [3.05, 3.63) is 11.6 Å². The average Bonchev–Trinajstić information content (AvgIpc) is 2.09. The van der Waals surface area contributed by atoms with Gasteiger partial charge in [-0.25, -0.2) is 4.79 Å². The first kappa shape index (κ1) is 11.2. The molecule has 1 aliphatic rings. The van der Waals surface area contributed by atoms with Crippen molar-refractivity contribution in [2.24, 2.45) is 5.41 Å². The third-order valence-electron chi connectivity index (χ3n) is 2.67. The van der Waals surface area contributed by atoms with Crippen LogP contribution in [0.2, 0.25) is 0 Å². The molecule has 0 aromatic carbocycles. The zero-order valence-electron chi connectivity index (χ0n) is 8.88. The van der Waals surface area contributed by atoms with Crippen LogP contribution in [0, 0.1) is 5.41 Å². The van der Waals surface area contributed by atoms with Gasteiger partial charge in [-0.15, -0.1) is 0 Å². The number of carbonyl (C=O) groups is 1. The first-order chi connectivity index (χ1) is 6.53. The molecular weight excluding hydrogens is 180 g/mol. The molecule has 1 aliphatic heterocycles. The van der Waals surface area contributed by atoms with Crippen molar-refractivity contribution >= 4 is 5.97 Å². The molecule has 0 amide bonds. The lowest BCUT2D eigenvalue weighted by atomic mass is 9.83. The highest BCUT2D eigenvalue weighted by Gasteiger charge is 2.32. The van der Waals surface area contributed by atoms with Gasteiger partial charge in [0.1, 0.15) is 0 Å². The summed E-state index contributed by atoms with van der Waals surface area (Å²) in [5.41, 5.74) is 0.797. The van der Waals surface area contributed by atoms with E-state index in [1.165, 1.54) is 0 Å². The van der Waals surface area contributed by atoms with E-state index in [9.17, 15) is 4.79 Å². The zero-order chi connectivity index (χ0) is 10.6. The monoisotopic (exact) mass is 198 g/mol. The molecule has 0 unspecified atom stereocenters. The lowest BCUT2D eigenvalue weighted by Crippen LogP contribution is -2.39. The Morgan fingerprint density at radius 3 is 2.64 bits per heavy atom. The number of hydrogen-bond donors (Lipinski definition) is 1. The quantitative estimate of drug-likeness (QED) is 0.544. The first-order valence-electron chi connectivity index (χ1n) is 5.01. The largest absolute Gasteiger partial charge is 0.478 e. The van der Waals surface area contributed by atoms with Crippen molar-refractivity contribution in [3.8, 4) is 0 Å². The van der Waals surface area contributed by atoms with Crippen LogP contribution >= 0.6 is 0 Å². The van der Waals surface area contributed by atoms with Gasteiger partial charge in [-0.05, 0) is 26.2 Å². The fraction of sp³-hybridized carbons (Fsp3) is 0.727. The average molecular weight is 198 g/mol. The molecule has 0 aromatic heterocycles. The highest BCUT2D eigenvalue weighted by Crippen LogP contribution is 2.32. The van der Waals surface area contributed by atoms with E-state index in [1.54, 1.807) is 13.0 Å². The van der Waals surface area contributed by atoms with Crippen molar-refractivity contribution in [2.75, 3.05) is 13.2 Å². The Balaban J connectivity index is 2.15. The van der Waals surface area contributed by atoms with Gasteiger partial charge < -0.3 is 9.84 Å². The minimum atomic E-state index is -0.816. The first-order valence-corrected chi connectivity index (χ1v) is 5.01. The number of carboxylic acids is 1. The molecule has 14 heavy (non-hydrogen) atoms. The van der Waals surface area contributed by atoms with Crippen LogP contribution in [0.3, 0.4) is 0 Å². The van der Waals surface area contributed by atoms with E-state index in [1.807, 2.05) is 0 Å². The van der Waals surface area contributed by atoms with Crippen LogP contribution in [0.15, 0.2) is 11.6 Å². The van der Waals surface area contributed by atoms with Crippen LogP contribution in [0.25, 0.3) is 0 Å². The topological polar surface area (TPSA) is 46.5 Å². The Morgan fingerprint density at radius 1 is 1.57 bits per heavy atom. The van der Waals surface area contributed by atoms with Crippen LogP contribution in [-0.4, -0.2) is 24.3 Å². The van der Waals surface area contributed by atoms with Gasteiger partial charge in [0.05, 0.1) is 13.2 Å². The Bertz CT molecular complexity index is 239. The van der Waals surface area contributed by atoms with E-state index in [-0.39, 0.29) is 0 Å². The lowest BCUT2D eigenvalue weighted by molar-refractivity contribution is -0.132. The molecule has 0 aromatic rings. The fourth-order valence-corrected chi connectivity index (χ4v) is 1.53. The summed E-state index contributed by atoms with van der Waals surface area (Å²) in [6.45, 7) is 5.56. The number of ether oxygens (including phenoxy) is 1. The third kappa shape index (κ3) is 3.14. The normalized spacial score (nSPS) is 20.3. The predicted octanol–water partition coefficient (Wildman–Crippen LogP) is 2.22. The van der Waals surface area contributed by atoms with Crippen molar-refractivity contribution < 1.29 is 14.6 Å². The smallest absolute Gasteiger partial charge is 0.330 e. The molecule has 1 rings (SSSR count). The van der Waals surface area contributed by atoms with Gasteiger partial charge in [-0.3, -0.25) is 0 Å². The number of allylic oxidation sites excluding steroid dienone is 1. The molecule has 1 heterocycles. The molecule has 0 spiro atoms. The maximum Gasteiger partial charge on any atom is 0.330 e. The van der Waals surface area contributed by atoms with E-state index in [4.69, 9.17) is 9.84 Å². The van der Waals surface area contributed by atoms with E-state index in [2.05, 4.69) is 6.92 Å². The molecule has 0 bridgehead atoms. The van der Waals surface area contributed by atoms with Crippen LogP contribution in [0.4, 0.5) is 0 Å². The molecule has 3 heteroatoms. The number of carboxylic acid groups (broad SMARTS) is 1. The summed E-state index contributed by atoms with van der Waals surface area (Å²) < 4.78 is 5.14. The molecule has 0 saturated carbocycles. The van der Waals surface area contributed by atoms with Crippen LogP contribution in [-0.2, 0) is 9.53 Å². The second kappa shape index (κ2) is 4.60. The summed E-state index contributed by atoms with van der Waals surface area (Å²) in [6, 6.07) is 0. The van der Waals surface area contributed by atoms with Crippen LogP contribution < -0.4 is 0 Å². The third-order valence-corrected chi connectivity index (χ3v) is 2.67. The van der Waals surface area contributed by atoms with Gasteiger partial charge in [-0.1, -0.05) is 13.0 Å². The van der Waals surface area contributed by atoms with Gasteiger partial charge in [0.15, 0.2) is 0 Å². The van der Waals surface area contributed by atoms with Crippen molar-refractivity contribution in [1.29, 1.82) is 0 Å². The van der Waals surface area contributed by atoms with E-state index in [0.29, 0.717) is 11.0 Å². The molecule has 1 fully saturated rings. The molecular formula is C11H18O3. The summed E-state index contributed by atoms with van der Waals surface area (Å²) in [6.07, 6.45) is 4.82. The molecule has 0 radical (unpaired) electrons. The lowest BCUT2D eigenvalue weighted by Gasteiger charge is -2.38. The van der Waals surface area contributed by atoms with Crippen LogP contribution in [0.5, 0.6) is 0 Å². The minimum Gasteiger partial charge on any atom is -0.478 e. The number of unbranched alkanes of at least 4 members (excludes halogenated alkanes) is 1. The second-order valence-corrected chi connectivity index (χ2v) is 4.39. The summed E-state index contributed by atoms with van der Waals surface area (Å²) in [4.78, 5) is 10.5. The van der Waals surface area contributed by atoms with Crippen LogP contribution in [0.1, 0.15) is 33.1 Å². The molecule has 1 saturated heterocycles. The SMILES string of the molecule is CC(=CCCCC1(C)COC1)C(=O)O. The maximum absolute atomic E-state index is 10.5. The van der Waals surface area contributed by atoms with Crippen molar-refractivity contribution in [2.45, 2.75) is 33.1 Å². The Labute approximate surface area is 84.8 Å². The van der Waals surface area contributed by atoms with Crippen molar-refractivity contribution in [1.82, 2.24) is 0 Å². The standard InChI is InChI=1S/C11H18O3/c1-9(10(12)13)5-3-4-6-11(2)7-14-8-11/h5H,3-4,6-8H2,1-2H3,(H,12,13). The highest BCUT2D eigenvalue weighted by molar-refractivity contribution is 5.85. The molecule has 0 atom stereocenters. The molecule has 80 valence electrons. The number of hydrogen-bond acceptors (Lipinski definition) is 2. The highest BCUT2D eigenvalue weighted by atomic mass is 16.5. The summed E-state index contributed by atoms with van der Waals surface area (Å²) in [5.74, 6) is -0.816. The minimum absolute atomic E-state index is 0.352. The predicted molar refractivity (Wildman–Crippen MR) is 54.2 cm³/mol. The fourth-order valence-electron chi connectivity index (χ4n) is 1.53. The molecule has 3 nitrogen and oxygen atoms in total. The van der Waals surface area contributed by atoms with E-state index in [0.717, 1.165) is 32.5 Å². The number of rotatable bonds is 5. The maximum atomic E-state index is 10.5. The summed E-state index contributed by atoms with van der Waals surface area (Å²) in [7, 11) is 0. The van der Waals surface area contributed by atoms with E-state index >= 15 is 0 Å². The van der Waals surface area contributed by atoms with Crippen molar-refractivity contribution in [3.63, 3.8) is 0 Å². The van der Waals surface area contributed by atoms with Gasteiger partial charge in [-0.2, -0.15) is 0 Å². The Kier molecular flexibility index (Phi) is 3.69. The summed E-state index contributed by atoms with van der Waals surface area (Å²) >= 11 is 0. The Hall–Kier alpha value is -0.830. The Morgan fingerprint density at radius 2 is 2.21 bits per heavy atom. The van der Waals surface area contributed by atoms with Gasteiger partial charge in [0, 0.05) is 11.0 Å². The molecule has 1 N–H and O–H groups in total. The number of aliphatic carboxylic acids is 1. The van der Waals surface area contributed by atoms with Gasteiger partial charge >= 0.3 is 5.97 Å². The van der Waals surface area contributed by atoms with E-state index < -0.39 is 5.97 Å². The molecule has 0 aliphatic carbocycles. The summed E-state index contributed by atoms with van der Waals surface area (Å²) in [5, 5.41) is 8.61. The second-order valence-electron chi connectivity index (χ2n) is 4.39.